The molecule has 0 saturated carbocycles. The summed E-state index contributed by atoms with van der Waals surface area (Å²) in [6, 6.07) is 9.06. The number of ether oxygens (including phenoxy) is 1. The lowest BCUT2D eigenvalue weighted by molar-refractivity contribution is 0.102. The van der Waals surface area contributed by atoms with E-state index in [1.165, 1.54) is 0 Å². The molecule has 0 aliphatic rings. The third-order valence-electron chi connectivity index (χ3n) is 3.65. The number of hydrogen-bond donors (Lipinski definition) is 2. The average Bonchev–Trinajstić information content (AvgIpc) is 2.59. The Labute approximate surface area is 155 Å². The van der Waals surface area contributed by atoms with Crippen LogP contribution in [0.5, 0.6) is 5.75 Å². The van der Waals surface area contributed by atoms with E-state index in [0.717, 1.165) is 25.8 Å². The predicted octanol–water partition coefficient (Wildman–Crippen LogP) is 4.43. The molecule has 0 spiro atoms. The standard InChI is InChI=1S/C20H28N4O2/c1-5-6-9-12-21-19-13-17(22-15(4)23-19)20(25)24-16-10-7-8-11-18(16)26-14(2)3/h7-8,10-11,13-14H,5-6,9,12H2,1-4H3,(H,24,25)(H,21,22,23). The van der Waals surface area contributed by atoms with Crippen LogP contribution in [0.2, 0.25) is 0 Å². The molecule has 26 heavy (non-hydrogen) atoms. The second-order valence-electron chi connectivity index (χ2n) is 6.44. The molecule has 2 N–H and O–H groups in total. The van der Waals surface area contributed by atoms with Crippen molar-refractivity contribution < 1.29 is 9.53 Å². The van der Waals surface area contributed by atoms with Crippen LogP contribution in [0.25, 0.3) is 0 Å². The highest BCUT2D eigenvalue weighted by Gasteiger charge is 2.13. The van der Waals surface area contributed by atoms with E-state index in [1.807, 2.05) is 38.1 Å². The number of para-hydroxylation sites is 2. The molecule has 0 radical (unpaired) electrons. The molecular weight excluding hydrogens is 328 g/mol. The van der Waals surface area contributed by atoms with Gasteiger partial charge in [0.25, 0.3) is 5.91 Å². The number of hydrogen-bond acceptors (Lipinski definition) is 5. The summed E-state index contributed by atoms with van der Waals surface area (Å²) < 4.78 is 5.75. The zero-order chi connectivity index (χ0) is 18.9. The Kier molecular flexibility index (Phi) is 7.38. The maximum atomic E-state index is 12.6. The number of aryl methyl sites for hydroxylation is 1. The summed E-state index contributed by atoms with van der Waals surface area (Å²) in [6.45, 7) is 8.67. The Balaban J connectivity index is 2.11. The third-order valence-corrected chi connectivity index (χ3v) is 3.65. The third kappa shape index (κ3) is 6.02. The number of nitrogens with one attached hydrogen (secondary N) is 2. The molecule has 6 heteroatoms. The van der Waals surface area contributed by atoms with Gasteiger partial charge in [0.1, 0.15) is 23.1 Å². The molecule has 0 atom stereocenters. The summed E-state index contributed by atoms with van der Waals surface area (Å²) >= 11 is 0. The quantitative estimate of drug-likeness (QED) is 0.650. The Morgan fingerprint density at radius 3 is 2.69 bits per heavy atom. The number of benzene rings is 1. The van der Waals surface area contributed by atoms with Crippen molar-refractivity contribution in [1.29, 1.82) is 0 Å². The highest BCUT2D eigenvalue weighted by Crippen LogP contribution is 2.25. The highest BCUT2D eigenvalue weighted by molar-refractivity contribution is 6.04. The molecule has 0 saturated heterocycles. The molecule has 0 aliphatic heterocycles. The van der Waals surface area contributed by atoms with Crippen LogP contribution in [-0.2, 0) is 0 Å². The van der Waals surface area contributed by atoms with E-state index in [9.17, 15) is 4.79 Å². The topological polar surface area (TPSA) is 76.1 Å². The van der Waals surface area contributed by atoms with E-state index in [-0.39, 0.29) is 12.0 Å². The van der Waals surface area contributed by atoms with Crippen molar-refractivity contribution in [2.45, 2.75) is 53.1 Å². The van der Waals surface area contributed by atoms with Gasteiger partial charge in [0.15, 0.2) is 0 Å². The van der Waals surface area contributed by atoms with Gasteiger partial charge in [0, 0.05) is 12.6 Å². The van der Waals surface area contributed by atoms with Crippen molar-refractivity contribution in [2.75, 3.05) is 17.2 Å². The lowest BCUT2D eigenvalue weighted by Gasteiger charge is -2.15. The Morgan fingerprint density at radius 2 is 1.96 bits per heavy atom. The van der Waals surface area contributed by atoms with Crippen molar-refractivity contribution in [1.82, 2.24) is 9.97 Å². The van der Waals surface area contributed by atoms with Crippen LogP contribution in [0.4, 0.5) is 11.5 Å². The van der Waals surface area contributed by atoms with Crippen LogP contribution in [0.3, 0.4) is 0 Å². The molecule has 140 valence electrons. The molecule has 6 nitrogen and oxygen atoms in total. The van der Waals surface area contributed by atoms with Crippen LogP contribution in [0, 0.1) is 6.92 Å². The van der Waals surface area contributed by atoms with Gasteiger partial charge in [-0.05, 0) is 39.3 Å². The maximum Gasteiger partial charge on any atom is 0.274 e. The summed E-state index contributed by atoms with van der Waals surface area (Å²) in [5, 5.41) is 6.14. The maximum absolute atomic E-state index is 12.6. The largest absolute Gasteiger partial charge is 0.489 e. The zero-order valence-corrected chi connectivity index (χ0v) is 16.0. The van der Waals surface area contributed by atoms with Gasteiger partial charge in [-0.3, -0.25) is 4.79 Å². The molecule has 2 aromatic rings. The number of amides is 1. The number of aromatic nitrogens is 2. The number of unbranched alkanes of at least 4 members (excludes halogenated alkanes) is 2. The van der Waals surface area contributed by atoms with Crippen LogP contribution in [0.1, 0.15) is 56.3 Å². The molecule has 1 heterocycles. The van der Waals surface area contributed by atoms with Crippen LogP contribution < -0.4 is 15.4 Å². The van der Waals surface area contributed by atoms with E-state index >= 15 is 0 Å². The van der Waals surface area contributed by atoms with Gasteiger partial charge in [-0.2, -0.15) is 0 Å². The highest BCUT2D eigenvalue weighted by atomic mass is 16.5. The van der Waals surface area contributed by atoms with Crippen molar-refractivity contribution in [3.05, 3.63) is 41.9 Å². The monoisotopic (exact) mass is 356 g/mol. The summed E-state index contributed by atoms with van der Waals surface area (Å²) in [4.78, 5) is 21.3. The number of carbonyl (C=O) groups is 1. The SMILES string of the molecule is CCCCCNc1cc(C(=O)Nc2ccccc2OC(C)C)nc(C)n1. The number of carbonyl (C=O) groups excluding carboxylic acids is 1. The van der Waals surface area contributed by atoms with Crippen LogP contribution in [-0.4, -0.2) is 28.5 Å². The molecule has 0 fully saturated rings. The zero-order valence-electron chi connectivity index (χ0n) is 16.0. The molecule has 0 unspecified atom stereocenters. The first-order chi connectivity index (χ1) is 12.5. The van der Waals surface area contributed by atoms with Crippen LogP contribution in [0.15, 0.2) is 30.3 Å². The number of rotatable bonds is 9. The summed E-state index contributed by atoms with van der Waals surface area (Å²) in [5.41, 5.74) is 0.953. The lowest BCUT2D eigenvalue weighted by atomic mass is 10.2. The predicted molar refractivity (Wildman–Crippen MR) is 105 cm³/mol. The van der Waals surface area contributed by atoms with E-state index in [1.54, 1.807) is 13.0 Å². The van der Waals surface area contributed by atoms with Gasteiger partial charge in [0.2, 0.25) is 0 Å². The van der Waals surface area contributed by atoms with Crippen molar-refractivity contribution in [3.8, 4) is 5.75 Å². The average molecular weight is 356 g/mol. The molecular formula is C20H28N4O2. The van der Waals surface area contributed by atoms with E-state index in [0.29, 0.717) is 28.8 Å². The number of nitrogens with zero attached hydrogens (tertiary/aromatic N) is 2. The van der Waals surface area contributed by atoms with Crippen molar-refractivity contribution >= 4 is 17.4 Å². The molecule has 1 aromatic carbocycles. The first-order valence-corrected chi connectivity index (χ1v) is 9.16. The second kappa shape index (κ2) is 9.75. The van der Waals surface area contributed by atoms with Crippen LogP contribution >= 0.6 is 0 Å². The van der Waals surface area contributed by atoms with E-state index in [2.05, 4.69) is 27.5 Å². The Bertz CT molecular complexity index is 732. The fourth-order valence-electron chi connectivity index (χ4n) is 2.48. The molecule has 2 rings (SSSR count). The first-order valence-electron chi connectivity index (χ1n) is 9.16. The smallest absolute Gasteiger partial charge is 0.274 e. The fraction of sp³-hybridized carbons (Fsp3) is 0.450. The van der Waals surface area contributed by atoms with Gasteiger partial charge in [-0.15, -0.1) is 0 Å². The van der Waals surface area contributed by atoms with Gasteiger partial charge in [-0.25, -0.2) is 9.97 Å². The van der Waals surface area contributed by atoms with Gasteiger partial charge >= 0.3 is 0 Å². The fourth-order valence-corrected chi connectivity index (χ4v) is 2.48. The molecule has 1 aromatic heterocycles. The summed E-state index contributed by atoms with van der Waals surface area (Å²) in [6.07, 6.45) is 3.42. The summed E-state index contributed by atoms with van der Waals surface area (Å²) in [5.74, 6) is 1.58. The van der Waals surface area contributed by atoms with Crippen molar-refractivity contribution in [2.24, 2.45) is 0 Å². The minimum Gasteiger partial charge on any atom is -0.489 e. The number of anilines is 2. The minimum absolute atomic E-state index is 0.0215. The lowest BCUT2D eigenvalue weighted by Crippen LogP contribution is -2.17. The normalized spacial score (nSPS) is 10.7. The molecule has 1 amide bonds. The van der Waals surface area contributed by atoms with Gasteiger partial charge in [-0.1, -0.05) is 31.9 Å². The van der Waals surface area contributed by atoms with E-state index in [4.69, 9.17) is 4.74 Å². The Hall–Kier alpha value is -2.63. The Morgan fingerprint density at radius 1 is 1.19 bits per heavy atom. The van der Waals surface area contributed by atoms with Gasteiger partial charge in [0.05, 0.1) is 11.8 Å². The molecule has 0 aliphatic carbocycles. The minimum atomic E-state index is -0.285. The van der Waals surface area contributed by atoms with Gasteiger partial charge < -0.3 is 15.4 Å². The summed E-state index contributed by atoms with van der Waals surface area (Å²) in [7, 11) is 0. The second-order valence-corrected chi connectivity index (χ2v) is 6.44. The first kappa shape index (κ1) is 19.7. The van der Waals surface area contributed by atoms with Crippen molar-refractivity contribution in [3.63, 3.8) is 0 Å². The molecule has 0 bridgehead atoms. The van der Waals surface area contributed by atoms with E-state index < -0.39 is 0 Å².